The van der Waals surface area contributed by atoms with Gasteiger partial charge in [0, 0.05) is 13.0 Å². The Morgan fingerprint density at radius 3 is 2.75 bits per heavy atom. The van der Waals surface area contributed by atoms with Crippen LogP contribution in [0.5, 0.6) is 5.75 Å². The first-order valence-corrected chi connectivity index (χ1v) is 7.39. The highest BCUT2D eigenvalue weighted by Crippen LogP contribution is 2.30. The van der Waals surface area contributed by atoms with Crippen molar-refractivity contribution in [2.45, 2.75) is 38.6 Å². The van der Waals surface area contributed by atoms with Gasteiger partial charge < -0.3 is 9.64 Å². The van der Waals surface area contributed by atoms with E-state index in [4.69, 9.17) is 4.74 Å². The second-order valence-electron chi connectivity index (χ2n) is 5.87. The van der Waals surface area contributed by atoms with Gasteiger partial charge in [0.2, 0.25) is 0 Å². The van der Waals surface area contributed by atoms with E-state index in [0.717, 1.165) is 6.54 Å². The molecule has 0 aromatic carbocycles. The first-order valence-electron chi connectivity index (χ1n) is 7.39. The predicted octanol–water partition coefficient (Wildman–Crippen LogP) is 2.22. The minimum atomic E-state index is 0.171. The zero-order valence-corrected chi connectivity index (χ0v) is 12.8. The fourth-order valence-corrected chi connectivity index (χ4v) is 2.84. The molecule has 1 saturated carbocycles. The molecule has 1 fully saturated rings. The summed E-state index contributed by atoms with van der Waals surface area (Å²) in [5, 5.41) is 4.30. The Morgan fingerprint density at radius 1 is 1.45 bits per heavy atom. The lowest BCUT2D eigenvalue weighted by Gasteiger charge is -2.13. The van der Waals surface area contributed by atoms with Crippen molar-refractivity contribution in [2.75, 3.05) is 27.7 Å². The Labute approximate surface area is 120 Å². The minimum Gasteiger partial charge on any atom is -0.493 e. The number of ether oxygens (including phenoxy) is 1. The molecule has 5 nitrogen and oxygen atoms in total. The number of carbonyl (C=O) groups is 1. The lowest BCUT2D eigenvalue weighted by molar-refractivity contribution is 0.0947. The molecule has 1 aliphatic rings. The Bertz CT molecular complexity index is 448. The maximum absolute atomic E-state index is 12.6. The third-order valence-electron chi connectivity index (χ3n) is 4.00. The summed E-state index contributed by atoms with van der Waals surface area (Å²) in [7, 11) is 5.63. The number of likely N-dealkylation sites (N-methyl/N-ethyl adjacent to an activating group) is 1. The fourth-order valence-electron chi connectivity index (χ4n) is 2.84. The summed E-state index contributed by atoms with van der Waals surface area (Å²) >= 11 is 0. The molecule has 2 rings (SSSR count). The summed E-state index contributed by atoms with van der Waals surface area (Å²) in [6.45, 7) is 1.57. The van der Waals surface area contributed by atoms with Crippen molar-refractivity contribution in [1.82, 2.24) is 14.7 Å². The van der Waals surface area contributed by atoms with Gasteiger partial charge in [0.15, 0.2) is 11.5 Å². The van der Waals surface area contributed by atoms with Gasteiger partial charge in [-0.1, -0.05) is 25.7 Å². The van der Waals surface area contributed by atoms with E-state index < -0.39 is 0 Å². The number of ketones is 1. The molecule has 1 aromatic heterocycles. The van der Waals surface area contributed by atoms with Gasteiger partial charge in [0.05, 0.1) is 19.9 Å². The van der Waals surface area contributed by atoms with Gasteiger partial charge in [-0.2, -0.15) is 5.10 Å². The largest absolute Gasteiger partial charge is 0.493 e. The zero-order valence-electron chi connectivity index (χ0n) is 12.8. The van der Waals surface area contributed by atoms with Crippen molar-refractivity contribution in [3.8, 4) is 5.75 Å². The normalized spacial score (nSPS) is 16.0. The molecule has 20 heavy (non-hydrogen) atoms. The van der Waals surface area contributed by atoms with Crippen molar-refractivity contribution in [3.05, 3.63) is 11.9 Å². The molecule has 1 aromatic rings. The van der Waals surface area contributed by atoms with Gasteiger partial charge in [-0.15, -0.1) is 0 Å². The van der Waals surface area contributed by atoms with Crippen LogP contribution >= 0.6 is 0 Å². The van der Waals surface area contributed by atoms with Gasteiger partial charge in [-0.25, -0.2) is 0 Å². The highest BCUT2D eigenvalue weighted by Gasteiger charge is 2.24. The van der Waals surface area contributed by atoms with Gasteiger partial charge in [-0.3, -0.25) is 9.48 Å². The monoisotopic (exact) mass is 279 g/mol. The first kappa shape index (κ1) is 15.0. The highest BCUT2D eigenvalue weighted by molar-refractivity contribution is 5.97. The van der Waals surface area contributed by atoms with Crippen molar-refractivity contribution in [2.24, 2.45) is 5.92 Å². The second kappa shape index (κ2) is 6.88. The highest BCUT2D eigenvalue weighted by atomic mass is 16.5. The zero-order chi connectivity index (χ0) is 14.5. The molecule has 0 aliphatic heterocycles. The summed E-state index contributed by atoms with van der Waals surface area (Å²) < 4.78 is 7.09. The van der Waals surface area contributed by atoms with E-state index in [1.807, 2.05) is 14.1 Å². The number of Topliss-reactive ketones (excluding diaryl/α,β-unsaturated/α-hetero) is 1. The van der Waals surface area contributed by atoms with Crippen LogP contribution in [0.2, 0.25) is 0 Å². The third-order valence-corrected chi connectivity index (χ3v) is 4.00. The predicted molar refractivity (Wildman–Crippen MR) is 78.2 cm³/mol. The van der Waals surface area contributed by atoms with Crippen LogP contribution in [0.1, 0.15) is 42.6 Å². The number of nitrogens with zero attached hydrogens (tertiary/aromatic N) is 3. The molecule has 0 N–H and O–H groups in total. The number of aromatic nitrogens is 2. The van der Waals surface area contributed by atoms with Crippen molar-refractivity contribution in [3.63, 3.8) is 0 Å². The van der Waals surface area contributed by atoms with Gasteiger partial charge >= 0.3 is 0 Å². The van der Waals surface area contributed by atoms with Crippen LogP contribution in [-0.4, -0.2) is 48.2 Å². The summed E-state index contributed by atoms with van der Waals surface area (Å²) in [5.41, 5.74) is 0.640. The Hall–Kier alpha value is -1.36. The van der Waals surface area contributed by atoms with Crippen LogP contribution in [0, 0.1) is 5.92 Å². The maximum Gasteiger partial charge on any atom is 0.184 e. The standard InChI is InChI=1S/C15H25N3O2/c1-17(2)8-9-18-15(14(20-3)11-16-18)13(19)10-12-6-4-5-7-12/h11-12H,4-10H2,1-3H3. The number of carbonyl (C=O) groups excluding carboxylic acids is 1. The molecule has 0 amide bonds. The lowest BCUT2D eigenvalue weighted by Crippen LogP contribution is -2.22. The Morgan fingerprint density at radius 2 is 2.15 bits per heavy atom. The molecule has 1 aliphatic carbocycles. The van der Waals surface area contributed by atoms with Crippen LogP contribution in [0.15, 0.2) is 6.20 Å². The number of rotatable bonds is 7. The molecule has 0 spiro atoms. The van der Waals surface area contributed by atoms with Crippen molar-refractivity contribution in [1.29, 1.82) is 0 Å². The van der Waals surface area contributed by atoms with Gasteiger partial charge in [0.1, 0.15) is 5.69 Å². The third kappa shape index (κ3) is 3.60. The maximum atomic E-state index is 12.6. The number of hydrogen-bond donors (Lipinski definition) is 0. The molecule has 1 heterocycles. The van der Waals surface area contributed by atoms with E-state index in [9.17, 15) is 4.79 Å². The average molecular weight is 279 g/mol. The molecule has 112 valence electrons. The van der Waals surface area contributed by atoms with Crippen molar-refractivity contribution >= 4 is 5.78 Å². The molecule has 0 radical (unpaired) electrons. The number of methoxy groups -OCH3 is 1. The van der Waals surface area contributed by atoms with Gasteiger partial charge in [-0.05, 0) is 20.0 Å². The van der Waals surface area contributed by atoms with Crippen LogP contribution in [-0.2, 0) is 6.54 Å². The van der Waals surface area contributed by atoms with E-state index in [2.05, 4.69) is 10.00 Å². The van der Waals surface area contributed by atoms with Crippen LogP contribution in [0.3, 0.4) is 0 Å². The number of hydrogen-bond acceptors (Lipinski definition) is 4. The average Bonchev–Trinajstić information content (AvgIpc) is 3.04. The van der Waals surface area contributed by atoms with E-state index >= 15 is 0 Å². The molecule has 0 saturated heterocycles. The summed E-state index contributed by atoms with van der Waals surface area (Å²) in [6.07, 6.45) is 7.16. The minimum absolute atomic E-state index is 0.171. The molecule has 5 heteroatoms. The van der Waals surface area contributed by atoms with Crippen LogP contribution in [0.25, 0.3) is 0 Å². The summed E-state index contributed by atoms with van der Waals surface area (Å²) in [5.74, 6) is 1.32. The van der Waals surface area contributed by atoms with Gasteiger partial charge in [0.25, 0.3) is 0 Å². The Kier molecular flexibility index (Phi) is 5.17. The van der Waals surface area contributed by atoms with E-state index in [1.165, 1.54) is 25.7 Å². The van der Waals surface area contributed by atoms with Crippen LogP contribution < -0.4 is 4.74 Å². The molecule has 0 atom stereocenters. The summed E-state index contributed by atoms with van der Waals surface area (Å²) in [4.78, 5) is 14.6. The second-order valence-corrected chi connectivity index (χ2v) is 5.87. The molecule has 0 bridgehead atoms. The van der Waals surface area contributed by atoms with E-state index in [1.54, 1.807) is 18.0 Å². The molecular formula is C15H25N3O2. The van der Waals surface area contributed by atoms with Crippen LogP contribution in [0.4, 0.5) is 0 Å². The molecular weight excluding hydrogens is 254 g/mol. The lowest BCUT2D eigenvalue weighted by atomic mass is 9.99. The van der Waals surface area contributed by atoms with E-state index in [0.29, 0.717) is 30.3 Å². The van der Waals surface area contributed by atoms with E-state index in [-0.39, 0.29) is 5.78 Å². The fraction of sp³-hybridized carbons (Fsp3) is 0.733. The quantitative estimate of drug-likeness (QED) is 0.718. The van der Waals surface area contributed by atoms with Crippen molar-refractivity contribution < 1.29 is 9.53 Å². The Balaban J connectivity index is 2.10. The SMILES string of the molecule is COc1cnn(CCN(C)C)c1C(=O)CC1CCCC1. The smallest absolute Gasteiger partial charge is 0.184 e. The first-order chi connectivity index (χ1) is 9.61. The molecule has 0 unspecified atom stereocenters. The topological polar surface area (TPSA) is 47.4 Å². The summed E-state index contributed by atoms with van der Waals surface area (Å²) in [6, 6.07) is 0.